The number of hydrogen-bond acceptors (Lipinski definition) is 4. The Kier molecular flexibility index (Phi) is 8.59. The monoisotopic (exact) mass is 427 g/mol. The lowest BCUT2D eigenvalue weighted by Gasteiger charge is -2.37. The molecule has 1 aromatic rings. The molecule has 172 valence electrons. The van der Waals surface area contributed by atoms with Gasteiger partial charge >= 0.3 is 5.97 Å². The molecule has 1 unspecified atom stereocenters. The van der Waals surface area contributed by atoms with Crippen LogP contribution in [0.25, 0.3) is 5.57 Å². The first-order chi connectivity index (χ1) is 14.8. The SMILES string of the molecule is CCOC(=O)CCCC1C=C(c2ccc(OC3CCC(C(C)(C)C)CC3)cc2)CCN1. The fourth-order valence-corrected chi connectivity index (χ4v) is 4.89. The Bertz CT molecular complexity index is 724. The summed E-state index contributed by atoms with van der Waals surface area (Å²) < 4.78 is 11.3. The van der Waals surface area contributed by atoms with Crippen LogP contribution < -0.4 is 10.1 Å². The van der Waals surface area contributed by atoms with Gasteiger partial charge in [-0.25, -0.2) is 0 Å². The van der Waals surface area contributed by atoms with Crippen LogP contribution in [0.1, 0.15) is 84.6 Å². The second-order valence-corrected chi connectivity index (χ2v) is 10.2. The number of carbonyl (C=O) groups excluding carboxylic acids is 1. The van der Waals surface area contributed by atoms with Crippen LogP contribution in [-0.2, 0) is 9.53 Å². The smallest absolute Gasteiger partial charge is 0.305 e. The highest BCUT2D eigenvalue weighted by molar-refractivity contribution is 5.69. The van der Waals surface area contributed by atoms with E-state index in [1.54, 1.807) is 0 Å². The molecule has 4 nitrogen and oxygen atoms in total. The largest absolute Gasteiger partial charge is 0.490 e. The Hall–Kier alpha value is -1.81. The molecule has 0 radical (unpaired) electrons. The lowest BCUT2D eigenvalue weighted by molar-refractivity contribution is -0.143. The quantitative estimate of drug-likeness (QED) is 0.506. The van der Waals surface area contributed by atoms with Gasteiger partial charge in [0.2, 0.25) is 0 Å². The topological polar surface area (TPSA) is 47.6 Å². The number of carbonyl (C=O) groups is 1. The minimum Gasteiger partial charge on any atom is -0.490 e. The van der Waals surface area contributed by atoms with Crippen molar-refractivity contribution in [2.45, 2.75) is 91.2 Å². The first kappa shape index (κ1) is 23.8. The summed E-state index contributed by atoms with van der Waals surface area (Å²) in [5.41, 5.74) is 3.07. The summed E-state index contributed by atoms with van der Waals surface area (Å²) in [6.07, 6.45) is 10.9. The number of nitrogens with one attached hydrogen (secondary N) is 1. The zero-order valence-corrected chi connectivity index (χ0v) is 19.9. The highest BCUT2D eigenvalue weighted by atomic mass is 16.5. The van der Waals surface area contributed by atoms with Gasteiger partial charge in [-0.15, -0.1) is 0 Å². The maximum Gasteiger partial charge on any atom is 0.305 e. The van der Waals surface area contributed by atoms with E-state index in [1.807, 2.05) is 6.92 Å². The number of ether oxygens (including phenoxy) is 2. The first-order valence-electron chi connectivity index (χ1n) is 12.2. The fourth-order valence-electron chi connectivity index (χ4n) is 4.89. The van der Waals surface area contributed by atoms with Crippen molar-refractivity contribution in [3.05, 3.63) is 35.9 Å². The minimum atomic E-state index is -0.0926. The highest BCUT2D eigenvalue weighted by Gasteiger charge is 2.30. The van der Waals surface area contributed by atoms with Gasteiger partial charge in [0, 0.05) is 12.5 Å². The molecule has 1 aliphatic heterocycles. The van der Waals surface area contributed by atoms with Gasteiger partial charge in [0.05, 0.1) is 12.7 Å². The molecule has 1 aromatic carbocycles. The highest BCUT2D eigenvalue weighted by Crippen LogP contribution is 2.38. The molecule has 2 aliphatic rings. The average molecular weight is 428 g/mol. The molecule has 0 spiro atoms. The number of esters is 1. The van der Waals surface area contributed by atoms with Gasteiger partial charge in [-0.1, -0.05) is 39.0 Å². The van der Waals surface area contributed by atoms with Crippen LogP contribution in [0.15, 0.2) is 30.3 Å². The normalized spacial score (nSPS) is 24.4. The Morgan fingerprint density at radius 2 is 1.81 bits per heavy atom. The average Bonchev–Trinajstić information content (AvgIpc) is 2.74. The maximum atomic E-state index is 11.5. The van der Waals surface area contributed by atoms with Crippen LogP contribution in [0.5, 0.6) is 5.75 Å². The van der Waals surface area contributed by atoms with E-state index in [-0.39, 0.29) is 5.97 Å². The molecule has 0 amide bonds. The van der Waals surface area contributed by atoms with Crippen molar-refractivity contribution in [3.63, 3.8) is 0 Å². The standard InChI is InChI=1S/C27H41NO3/c1-5-30-26(29)8-6-7-23-19-21(17-18-28-23)20-9-13-24(14-10-20)31-25-15-11-22(12-16-25)27(2,3)4/h9-10,13-14,19,22-23,25,28H,5-8,11-12,15-18H2,1-4H3. The van der Waals surface area contributed by atoms with E-state index in [2.05, 4.69) is 56.4 Å². The third kappa shape index (κ3) is 7.38. The lowest BCUT2D eigenvalue weighted by Crippen LogP contribution is -2.32. The van der Waals surface area contributed by atoms with E-state index in [0.29, 0.717) is 30.6 Å². The number of benzene rings is 1. The van der Waals surface area contributed by atoms with Gasteiger partial charge in [0.25, 0.3) is 0 Å². The predicted octanol–water partition coefficient (Wildman–Crippen LogP) is 6.15. The zero-order valence-electron chi connectivity index (χ0n) is 19.9. The molecule has 1 fully saturated rings. The molecule has 1 aliphatic carbocycles. The van der Waals surface area contributed by atoms with Crippen LogP contribution in [0, 0.1) is 11.3 Å². The molecule has 1 N–H and O–H groups in total. The zero-order chi connectivity index (χ0) is 22.3. The van der Waals surface area contributed by atoms with Gasteiger partial charge in [0.1, 0.15) is 5.75 Å². The van der Waals surface area contributed by atoms with Crippen LogP contribution in [0.3, 0.4) is 0 Å². The molecule has 0 saturated heterocycles. The van der Waals surface area contributed by atoms with Crippen LogP contribution in [-0.4, -0.2) is 31.3 Å². The molecule has 1 atom stereocenters. The second-order valence-electron chi connectivity index (χ2n) is 10.2. The molecular formula is C27H41NO3. The fraction of sp³-hybridized carbons (Fsp3) is 0.667. The maximum absolute atomic E-state index is 11.5. The van der Waals surface area contributed by atoms with Crippen molar-refractivity contribution in [1.29, 1.82) is 0 Å². The van der Waals surface area contributed by atoms with E-state index < -0.39 is 0 Å². The van der Waals surface area contributed by atoms with Gasteiger partial charge in [-0.05, 0) is 93.0 Å². The summed E-state index contributed by atoms with van der Waals surface area (Å²) in [7, 11) is 0. The second kappa shape index (κ2) is 11.2. The molecule has 1 saturated carbocycles. The summed E-state index contributed by atoms with van der Waals surface area (Å²) >= 11 is 0. The van der Waals surface area contributed by atoms with Gasteiger partial charge in [-0.3, -0.25) is 4.79 Å². The van der Waals surface area contributed by atoms with E-state index >= 15 is 0 Å². The van der Waals surface area contributed by atoms with E-state index in [1.165, 1.54) is 24.0 Å². The number of rotatable bonds is 8. The van der Waals surface area contributed by atoms with Crippen molar-refractivity contribution in [2.75, 3.05) is 13.2 Å². The Balaban J connectivity index is 1.49. The van der Waals surface area contributed by atoms with Crippen LogP contribution >= 0.6 is 0 Å². The van der Waals surface area contributed by atoms with Gasteiger partial charge < -0.3 is 14.8 Å². The molecule has 1 heterocycles. The molecule has 4 heteroatoms. The minimum absolute atomic E-state index is 0.0926. The van der Waals surface area contributed by atoms with Crippen LogP contribution in [0.4, 0.5) is 0 Å². The summed E-state index contributed by atoms with van der Waals surface area (Å²) in [6, 6.07) is 8.98. The Labute approximate surface area is 188 Å². The van der Waals surface area contributed by atoms with Crippen molar-refractivity contribution in [3.8, 4) is 5.75 Å². The first-order valence-corrected chi connectivity index (χ1v) is 12.2. The van der Waals surface area contributed by atoms with Crippen molar-refractivity contribution < 1.29 is 14.3 Å². The molecule has 0 aromatic heterocycles. The summed E-state index contributed by atoms with van der Waals surface area (Å²) in [6.45, 7) is 10.4. The van der Waals surface area contributed by atoms with Crippen molar-refractivity contribution in [1.82, 2.24) is 5.32 Å². The Morgan fingerprint density at radius 1 is 1.10 bits per heavy atom. The van der Waals surface area contributed by atoms with E-state index in [9.17, 15) is 4.79 Å². The van der Waals surface area contributed by atoms with Gasteiger partial charge in [-0.2, -0.15) is 0 Å². The molecular weight excluding hydrogens is 386 g/mol. The van der Waals surface area contributed by atoms with Gasteiger partial charge in [0.15, 0.2) is 0 Å². The van der Waals surface area contributed by atoms with Crippen molar-refractivity contribution >= 4 is 11.5 Å². The lowest BCUT2D eigenvalue weighted by atomic mass is 9.72. The predicted molar refractivity (Wildman–Crippen MR) is 127 cm³/mol. The molecule has 0 bridgehead atoms. The summed E-state index contributed by atoms with van der Waals surface area (Å²) in [5.74, 6) is 1.71. The van der Waals surface area contributed by atoms with Crippen molar-refractivity contribution in [2.24, 2.45) is 11.3 Å². The van der Waals surface area contributed by atoms with E-state index in [0.717, 1.165) is 50.3 Å². The Morgan fingerprint density at radius 3 is 2.45 bits per heavy atom. The summed E-state index contributed by atoms with van der Waals surface area (Å²) in [4.78, 5) is 11.5. The molecule has 3 rings (SSSR count). The number of hydrogen-bond donors (Lipinski definition) is 1. The third-order valence-corrected chi connectivity index (χ3v) is 6.83. The van der Waals surface area contributed by atoms with Crippen LogP contribution in [0.2, 0.25) is 0 Å². The molecule has 31 heavy (non-hydrogen) atoms. The summed E-state index contributed by atoms with van der Waals surface area (Å²) in [5, 5.41) is 3.55. The van der Waals surface area contributed by atoms with E-state index in [4.69, 9.17) is 9.47 Å². The third-order valence-electron chi connectivity index (χ3n) is 6.83.